The first kappa shape index (κ1) is 25.6. The minimum absolute atomic E-state index is 0.0765. The summed E-state index contributed by atoms with van der Waals surface area (Å²) in [5.74, 6) is 0.281. The van der Waals surface area contributed by atoms with E-state index >= 15 is 0 Å². The third-order valence-electron chi connectivity index (χ3n) is 8.38. The predicted molar refractivity (Wildman–Crippen MR) is 156 cm³/mol. The molecule has 0 radical (unpaired) electrons. The number of carbonyl (C=O) groups is 2. The van der Waals surface area contributed by atoms with Crippen LogP contribution in [0.1, 0.15) is 54.3 Å². The minimum atomic E-state index is -0.883. The monoisotopic (exact) mass is 539 g/mol. The zero-order valence-electron chi connectivity index (χ0n) is 22.2. The predicted octanol–water partition coefficient (Wildman–Crippen LogP) is 6.98. The van der Waals surface area contributed by atoms with Gasteiger partial charge in [0.25, 0.3) is 0 Å². The lowest BCUT2D eigenvalue weighted by Gasteiger charge is -2.37. The highest BCUT2D eigenvalue weighted by Crippen LogP contribution is 2.43. The van der Waals surface area contributed by atoms with Crippen LogP contribution in [0.2, 0.25) is 0 Å². The summed E-state index contributed by atoms with van der Waals surface area (Å²) < 4.78 is 1.92. The van der Waals surface area contributed by atoms with Gasteiger partial charge in [0, 0.05) is 23.5 Å². The molecule has 2 aromatic carbocycles. The summed E-state index contributed by atoms with van der Waals surface area (Å²) in [5.41, 5.74) is 6.12. The van der Waals surface area contributed by atoms with Gasteiger partial charge in [-0.1, -0.05) is 62.2 Å². The average Bonchev–Trinajstić information content (AvgIpc) is 3.59. The molecule has 0 saturated heterocycles. The van der Waals surface area contributed by atoms with Crippen LogP contribution in [0.5, 0.6) is 0 Å². The van der Waals surface area contributed by atoms with Crippen LogP contribution < -0.4 is 0 Å². The molecule has 0 atom stereocenters. The van der Waals surface area contributed by atoms with Gasteiger partial charge < -0.3 is 14.6 Å². The van der Waals surface area contributed by atoms with Crippen LogP contribution in [-0.4, -0.2) is 44.5 Å². The Kier molecular flexibility index (Phi) is 7.09. The summed E-state index contributed by atoms with van der Waals surface area (Å²) in [5, 5.41) is 10.2. The van der Waals surface area contributed by atoms with E-state index < -0.39 is 5.97 Å². The number of aromatic nitrogens is 2. The van der Waals surface area contributed by atoms with E-state index in [1.54, 1.807) is 6.33 Å². The van der Waals surface area contributed by atoms with Crippen LogP contribution in [0.15, 0.2) is 72.6 Å². The van der Waals surface area contributed by atoms with E-state index in [1.165, 1.54) is 29.8 Å². The molecule has 7 heteroatoms. The van der Waals surface area contributed by atoms with E-state index in [1.807, 2.05) is 64.1 Å². The fourth-order valence-electron chi connectivity index (χ4n) is 6.19. The second-order valence-electron chi connectivity index (χ2n) is 10.9. The molecule has 200 valence electrons. The molecule has 1 aliphatic heterocycles. The minimum Gasteiger partial charge on any atom is -0.477 e. The lowest BCUT2D eigenvalue weighted by molar-refractivity contribution is -0.131. The van der Waals surface area contributed by atoms with Crippen molar-refractivity contribution in [1.82, 2.24) is 14.5 Å². The molecule has 1 saturated carbocycles. The molecule has 0 spiro atoms. The van der Waals surface area contributed by atoms with Crippen molar-refractivity contribution in [2.24, 2.45) is 11.8 Å². The summed E-state index contributed by atoms with van der Waals surface area (Å²) in [7, 11) is 0. The third kappa shape index (κ3) is 5.15. The van der Waals surface area contributed by atoms with Crippen molar-refractivity contribution >= 4 is 39.8 Å². The number of benzene rings is 2. The number of para-hydroxylation sites is 2. The molecule has 3 heterocycles. The molecule has 0 unspecified atom stereocenters. The lowest BCUT2D eigenvalue weighted by Crippen LogP contribution is -2.40. The van der Waals surface area contributed by atoms with E-state index in [0.29, 0.717) is 36.2 Å². The first-order valence-corrected chi connectivity index (χ1v) is 14.6. The van der Waals surface area contributed by atoms with Gasteiger partial charge in [-0.3, -0.25) is 4.79 Å². The van der Waals surface area contributed by atoms with Crippen LogP contribution in [-0.2, 0) is 11.3 Å². The van der Waals surface area contributed by atoms with Crippen LogP contribution in [0.4, 0.5) is 0 Å². The van der Waals surface area contributed by atoms with Gasteiger partial charge in [-0.05, 0) is 66.0 Å². The molecule has 1 N–H and O–H groups in total. The van der Waals surface area contributed by atoms with Gasteiger partial charge in [0.15, 0.2) is 0 Å². The van der Waals surface area contributed by atoms with E-state index in [0.717, 1.165) is 45.5 Å². The van der Waals surface area contributed by atoms with Gasteiger partial charge in [0.2, 0.25) is 5.91 Å². The zero-order chi connectivity index (χ0) is 26.9. The number of carbonyl (C=O) groups excluding carboxylic acids is 1. The second-order valence-corrected chi connectivity index (χ2v) is 12.0. The number of nitrogens with zero attached hydrogens (tertiary/aromatic N) is 3. The standard InChI is InChI=1S/C32H33N3O3S/c1-21-11-13-22(14-12-21)26-18-34(30(36)19-35-20-33-27-9-5-6-10-28(27)35)16-15-24(26)25-17-29(39-31(25)32(37)38)23-7-3-2-4-8-23/h2-10,17,20-22H,11-16,18-19H2,1H3,(H,37,38). The van der Waals surface area contributed by atoms with Crippen LogP contribution >= 0.6 is 11.3 Å². The average molecular weight is 540 g/mol. The highest BCUT2D eigenvalue weighted by molar-refractivity contribution is 7.17. The van der Waals surface area contributed by atoms with Crippen molar-refractivity contribution in [2.45, 2.75) is 45.6 Å². The van der Waals surface area contributed by atoms with Crippen molar-refractivity contribution in [1.29, 1.82) is 0 Å². The second kappa shape index (κ2) is 10.8. The summed E-state index contributed by atoms with van der Waals surface area (Å²) >= 11 is 1.35. The normalized spacial score (nSPS) is 20.0. The van der Waals surface area contributed by atoms with E-state index in [4.69, 9.17) is 0 Å². The molecular weight excluding hydrogens is 506 g/mol. The number of carboxylic acid groups (broad SMARTS) is 1. The van der Waals surface area contributed by atoms with Crippen molar-refractivity contribution in [3.8, 4) is 10.4 Å². The van der Waals surface area contributed by atoms with Gasteiger partial charge in [-0.2, -0.15) is 0 Å². The molecule has 6 rings (SSSR count). The molecule has 1 aliphatic carbocycles. The number of hydrogen-bond acceptors (Lipinski definition) is 4. The molecule has 1 amide bonds. The summed E-state index contributed by atoms with van der Waals surface area (Å²) in [4.78, 5) is 33.7. The zero-order valence-corrected chi connectivity index (χ0v) is 23.0. The molecule has 1 fully saturated rings. The number of imidazole rings is 1. The summed E-state index contributed by atoms with van der Waals surface area (Å²) in [6.07, 6.45) is 6.93. The largest absolute Gasteiger partial charge is 0.477 e. The van der Waals surface area contributed by atoms with Crippen LogP contribution in [0, 0.1) is 11.8 Å². The maximum absolute atomic E-state index is 13.6. The SMILES string of the molecule is CC1CCC(C2=C(c3cc(-c4ccccc4)sc3C(=O)O)CCN(C(=O)Cn3cnc4ccccc43)C2)CC1. The van der Waals surface area contributed by atoms with E-state index in [-0.39, 0.29) is 12.5 Å². The fraction of sp³-hybridized carbons (Fsp3) is 0.344. The Morgan fingerprint density at radius 3 is 2.54 bits per heavy atom. The fourth-order valence-corrected chi connectivity index (χ4v) is 7.22. The van der Waals surface area contributed by atoms with Gasteiger partial charge >= 0.3 is 5.97 Å². The maximum Gasteiger partial charge on any atom is 0.346 e. The van der Waals surface area contributed by atoms with E-state index in [2.05, 4.69) is 18.0 Å². The Labute approximate surface area is 232 Å². The van der Waals surface area contributed by atoms with E-state index in [9.17, 15) is 14.7 Å². The van der Waals surface area contributed by atoms with Crippen molar-refractivity contribution < 1.29 is 14.7 Å². The molecule has 4 aromatic rings. The summed E-state index contributed by atoms with van der Waals surface area (Å²) in [6.45, 7) is 3.71. The molecule has 6 nitrogen and oxygen atoms in total. The lowest BCUT2D eigenvalue weighted by atomic mass is 9.75. The Morgan fingerprint density at radius 1 is 1.03 bits per heavy atom. The Balaban J connectivity index is 1.35. The first-order valence-electron chi connectivity index (χ1n) is 13.8. The maximum atomic E-state index is 13.6. The van der Waals surface area contributed by atoms with Gasteiger partial charge in [0.05, 0.1) is 17.4 Å². The first-order chi connectivity index (χ1) is 19.0. The molecule has 39 heavy (non-hydrogen) atoms. The van der Waals surface area contributed by atoms with Crippen LogP contribution in [0.3, 0.4) is 0 Å². The number of rotatable bonds is 6. The Bertz CT molecular complexity index is 1540. The molecular formula is C32H33N3O3S. The molecule has 2 aliphatic rings. The highest BCUT2D eigenvalue weighted by atomic mass is 32.1. The number of carboxylic acids is 1. The number of hydrogen-bond donors (Lipinski definition) is 1. The molecule has 2 aromatic heterocycles. The summed E-state index contributed by atoms with van der Waals surface area (Å²) in [6, 6.07) is 19.9. The number of thiophene rings is 1. The smallest absolute Gasteiger partial charge is 0.346 e. The Morgan fingerprint density at radius 2 is 1.77 bits per heavy atom. The third-order valence-corrected chi connectivity index (χ3v) is 9.56. The van der Waals surface area contributed by atoms with Gasteiger partial charge in [-0.25, -0.2) is 9.78 Å². The Hall–Kier alpha value is -3.71. The van der Waals surface area contributed by atoms with Crippen molar-refractivity contribution in [3.05, 3.63) is 83.0 Å². The quantitative estimate of drug-likeness (QED) is 0.287. The van der Waals surface area contributed by atoms with Crippen molar-refractivity contribution in [2.75, 3.05) is 13.1 Å². The highest BCUT2D eigenvalue weighted by Gasteiger charge is 2.32. The van der Waals surface area contributed by atoms with Crippen molar-refractivity contribution in [3.63, 3.8) is 0 Å². The van der Waals surface area contributed by atoms with Gasteiger partial charge in [-0.15, -0.1) is 11.3 Å². The molecule has 0 bridgehead atoms. The number of amides is 1. The number of aromatic carboxylic acids is 1. The van der Waals surface area contributed by atoms with Crippen LogP contribution in [0.25, 0.3) is 27.0 Å². The topological polar surface area (TPSA) is 75.4 Å². The number of fused-ring (bicyclic) bond motifs is 1. The van der Waals surface area contributed by atoms with Gasteiger partial charge in [0.1, 0.15) is 11.4 Å².